The van der Waals surface area contributed by atoms with Crippen molar-refractivity contribution in [2.24, 2.45) is 0 Å². The first-order chi connectivity index (χ1) is 13.7. The van der Waals surface area contributed by atoms with E-state index < -0.39 is 0 Å². The van der Waals surface area contributed by atoms with Crippen molar-refractivity contribution >= 4 is 17.2 Å². The average molecular weight is 404 g/mol. The van der Waals surface area contributed by atoms with Crippen LogP contribution in [0.15, 0.2) is 35.7 Å². The van der Waals surface area contributed by atoms with Crippen LogP contribution in [0, 0.1) is 0 Å². The van der Waals surface area contributed by atoms with Gasteiger partial charge in [-0.3, -0.25) is 14.6 Å². The third-order valence-electron chi connectivity index (χ3n) is 4.99. The van der Waals surface area contributed by atoms with E-state index in [1.807, 2.05) is 24.3 Å². The minimum absolute atomic E-state index is 0.111. The van der Waals surface area contributed by atoms with Crippen LogP contribution >= 0.6 is 11.3 Å². The highest BCUT2D eigenvalue weighted by Gasteiger charge is 2.20. The standard InChI is InChI=1S/C21H29N3O3S/c1-26-18-5-6-20(27-2)17(14-18)15-23-9-11-24(12-10-23)16-21(25)22-8-7-19-4-3-13-28-19/h3-6,13-14H,7-12,15-16H2,1-2H3,(H,22,25). The summed E-state index contributed by atoms with van der Waals surface area (Å²) in [5, 5.41) is 5.10. The first-order valence-corrected chi connectivity index (χ1v) is 10.5. The number of carbonyl (C=O) groups is 1. The van der Waals surface area contributed by atoms with Gasteiger partial charge in [0.15, 0.2) is 0 Å². The average Bonchev–Trinajstić information content (AvgIpc) is 3.23. The van der Waals surface area contributed by atoms with Crippen molar-refractivity contribution in [1.82, 2.24) is 15.1 Å². The fourth-order valence-electron chi connectivity index (χ4n) is 3.39. The number of rotatable bonds is 9. The summed E-state index contributed by atoms with van der Waals surface area (Å²) in [4.78, 5) is 18.1. The number of amides is 1. The maximum absolute atomic E-state index is 12.2. The van der Waals surface area contributed by atoms with Gasteiger partial charge in [-0.15, -0.1) is 11.3 Å². The molecule has 1 aromatic carbocycles. The zero-order chi connectivity index (χ0) is 19.8. The summed E-state index contributed by atoms with van der Waals surface area (Å²) < 4.78 is 10.8. The van der Waals surface area contributed by atoms with E-state index in [2.05, 4.69) is 26.6 Å². The van der Waals surface area contributed by atoms with Gasteiger partial charge in [-0.05, 0) is 36.1 Å². The van der Waals surface area contributed by atoms with Gasteiger partial charge in [0.1, 0.15) is 11.5 Å². The van der Waals surface area contributed by atoms with E-state index in [0.717, 1.165) is 56.2 Å². The van der Waals surface area contributed by atoms with Crippen molar-refractivity contribution in [3.63, 3.8) is 0 Å². The molecule has 1 N–H and O–H groups in total. The Morgan fingerprint density at radius 1 is 1.11 bits per heavy atom. The monoisotopic (exact) mass is 403 g/mol. The molecule has 6 nitrogen and oxygen atoms in total. The predicted octanol–water partition coefficient (Wildman–Crippen LogP) is 2.24. The predicted molar refractivity (Wildman–Crippen MR) is 112 cm³/mol. The Balaban J connectivity index is 1.40. The number of nitrogens with zero attached hydrogens (tertiary/aromatic N) is 2. The first kappa shape index (κ1) is 20.6. The highest BCUT2D eigenvalue weighted by atomic mass is 32.1. The molecule has 3 rings (SSSR count). The van der Waals surface area contributed by atoms with Gasteiger partial charge in [-0.2, -0.15) is 0 Å². The maximum Gasteiger partial charge on any atom is 0.234 e. The summed E-state index contributed by atoms with van der Waals surface area (Å²) >= 11 is 1.73. The molecule has 7 heteroatoms. The maximum atomic E-state index is 12.2. The van der Waals surface area contributed by atoms with E-state index in [9.17, 15) is 4.79 Å². The fourth-order valence-corrected chi connectivity index (χ4v) is 4.10. The lowest BCUT2D eigenvalue weighted by Crippen LogP contribution is -2.49. The molecule has 0 unspecified atom stereocenters. The molecule has 1 amide bonds. The summed E-state index contributed by atoms with van der Waals surface area (Å²) in [6, 6.07) is 10.0. The Bertz CT molecular complexity index is 743. The summed E-state index contributed by atoms with van der Waals surface area (Å²) in [6.45, 7) is 5.65. The van der Waals surface area contributed by atoms with Crippen LogP contribution in [0.3, 0.4) is 0 Å². The van der Waals surface area contributed by atoms with E-state index in [1.165, 1.54) is 4.88 Å². The van der Waals surface area contributed by atoms with Gasteiger partial charge in [0.25, 0.3) is 0 Å². The van der Waals surface area contributed by atoms with Crippen LogP contribution in [0.4, 0.5) is 0 Å². The molecular weight excluding hydrogens is 374 g/mol. The van der Waals surface area contributed by atoms with E-state index in [1.54, 1.807) is 25.6 Å². The summed E-state index contributed by atoms with van der Waals surface area (Å²) in [6.07, 6.45) is 0.902. The summed E-state index contributed by atoms with van der Waals surface area (Å²) in [5.41, 5.74) is 1.13. The van der Waals surface area contributed by atoms with Crippen LogP contribution < -0.4 is 14.8 Å². The first-order valence-electron chi connectivity index (χ1n) is 9.62. The Kier molecular flexibility index (Phi) is 7.71. The number of nitrogens with one attached hydrogen (secondary N) is 1. The zero-order valence-electron chi connectivity index (χ0n) is 16.6. The number of carbonyl (C=O) groups excluding carboxylic acids is 1. The van der Waals surface area contributed by atoms with Crippen LogP contribution in [0.25, 0.3) is 0 Å². The molecule has 152 valence electrons. The molecule has 2 heterocycles. The molecule has 1 saturated heterocycles. The highest BCUT2D eigenvalue weighted by molar-refractivity contribution is 7.09. The lowest BCUT2D eigenvalue weighted by molar-refractivity contribution is -0.122. The van der Waals surface area contributed by atoms with Crippen LogP contribution in [0.2, 0.25) is 0 Å². The molecule has 0 spiro atoms. The molecule has 1 aromatic heterocycles. The van der Waals surface area contributed by atoms with Gasteiger partial charge in [-0.25, -0.2) is 0 Å². The Morgan fingerprint density at radius 3 is 2.57 bits per heavy atom. The normalized spacial score (nSPS) is 15.4. The number of ether oxygens (including phenoxy) is 2. The van der Waals surface area contributed by atoms with E-state index in [-0.39, 0.29) is 5.91 Å². The quantitative estimate of drug-likeness (QED) is 0.696. The van der Waals surface area contributed by atoms with Gasteiger partial charge >= 0.3 is 0 Å². The second-order valence-corrected chi connectivity index (χ2v) is 7.94. The zero-order valence-corrected chi connectivity index (χ0v) is 17.5. The lowest BCUT2D eigenvalue weighted by Gasteiger charge is -2.34. The van der Waals surface area contributed by atoms with Crippen molar-refractivity contribution in [2.45, 2.75) is 13.0 Å². The third kappa shape index (κ3) is 5.95. The Hall–Kier alpha value is -2.09. The second kappa shape index (κ2) is 10.5. The van der Waals surface area contributed by atoms with Gasteiger partial charge in [0, 0.05) is 49.7 Å². The van der Waals surface area contributed by atoms with Crippen LogP contribution in [-0.2, 0) is 17.8 Å². The number of piperazine rings is 1. The van der Waals surface area contributed by atoms with E-state index >= 15 is 0 Å². The number of hydrogen-bond acceptors (Lipinski definition) is 6. The van der Waals surface area contributed by atoms with Crippen LogP contribution in [0.1, 0.15) is 10.4 Å². The van der Waals surface area contributed by atoms with Gasteiger partial charge in [0.05, 0.1) is 20.8 Å². The fraction of sp³-hybridized carbons (Fsp3) is 0.476. The van der Waals surface area contributed by atoms with Crippen LogP contribution in [-0.4, -0.2) is 69.2 Å². The van der Waals surface area contributed by atoms with Crippen molar-refractivity contribution in [3.8, 4) is 11.5 Å². The number of methoxy groups -OCH3 is 2. The number of thiophene rings is 1. The third-order valence-corrected chi connectivity index (χ3v) is 5.92. The SMILES string of the molecule is COc1ccc(OC)c(CN2CCN(CC(=O)NCCc3cccs3)CC2)c1. The number of benzene rings is 1. The van der Waals surface area contributed by atoms with E-state index in [4.69, 9.17) is 9.47 Å². The van der Waals surface area contributed by atoms with Crippen molar-refractivity contribution in [2.75, 3.05) is 53.5 Å². The van der Waals surface area contributed by atoms with Gasteiger partial charge in [-0.1, -0.05) is 6.07 Å². The molecule has 28 heavy (non-hydrogen) atoms. The van der Waals surface area contributed by atoms with Gasteiger partial charge < -0.3 is 14.8 Å². The topological polar surface area (TPSA) is 54.0 Å². The molecule has 0 saturated carbocycles. The highest BCUT2D eigenvalue weighted by Crippen LogP contribution is 2.25. The Morgan fingerprint density at radius 2 is 1.89 bits per heavy atom. The van der Waals surface area contributed by atoms with E-state index in [0.29, 0.717) is 13.1 Å². The van der Waals surface area contributed by atoms with Crippen molar-refractivity contribution < 1.29 is 14.3 Å². The largest absolute Gasteiger partial charge is 0.497 e. The summed E-state index contributed by atoms with van der Waals surface area (Å²) in [5.74, 6) is 1.83. The molecule has 0 bridgehead atoms. The molecule has 2 aromatic rings. The second-order valence-electron chi connectivity index (χ2n) is 6.91. The minimum Gasteiger partial charge on any atom is -0.497 e. The smallest absolute Gasteiger partial charge is 0.234 e. The molecule has 0 atom stereocenters. The lowest BCUT2D eigenvalue weighted by atomic mass is 10.1. The minimum atomic E-state index is 0.111. The molecule has 0 aliphatic carbocycles. The summed E-state index contributed by atoms with van der Waals surface area (Å²) in [7, 11) is 3.37. The molecule has 1 aliphatic heterocycles. The molecule has 1 fully saturated rings. The molecular formula is C21H29N3O3S. The van der Waals surface area contributed by atoms with Gasteiger partial charge in [0.2, 0.25) is 5.91 Å². The molecule has 1 aliphatic rings. The number of hydrogen-bond donors (Lipinski definition) is 1. The van der Waals surface area contributed by atoms with Crippen molar-refractivity contribution in [3.05, 3.63) is 46.2 Å². The van der Waals surface area contributed by atoms with Crippen molar-refractivity contribution in [1.29, 1.82) is 0 Å². The van der Waals surface area contributed by atoms with Crippen LogP contribution in [0.5, 0.6) is 11.5 Å². The Labute approximate surface area is 171 Å². The molecule has 0 radical (unpaired) electrons.